The van der Waals surface area contributed by atoms with Crippen molar-refractivity contribution in [2.75, 3.05) is 19.6 Å². The van der Waals surface area contributed by atoms with Crippen LogP contribution in [-0.4, -0.2) is 56.1 Å². The van der Waals surface area contributed by atoms with Crippen LogP contribution < -0.4 is 5.32 Å². The lowest BCUT2D eigenvalue weighted by Gasteiger charge is -2.26. The van der Waals surface area contributed by atoms with Crippen LogP contribution in [0.15, 0.2) is 67.1 Å². The summed E-state index contributed by atoms with van der Waals surface area (Å²) in [5.74, 6) is 0.283. The summed E-state index contributed by atoms with van der Waals surface area (Å²) in [6.07, 6.45) is 6.83. The Morgan fingerprint density at radius 2 is 1.94 bits per heavy atom. The number of nitrogens with one attached hydrogen (secondary N) is 1. The molecule has 6 rings (SSSR count). The van der Waals surface area contributed by atoms with Crippen LogP contribution in [0.2, 0.25) is 0 Å². The predicted octanol–water partition coefficient (Wildman–Crippen LogP) is 2.67. The summed E-state index contributed by atoms with van der Waals surface area (Å²) >= 11 is 0. The molecule has 2 amide bonds. The number of piperazine rings is 1. The van der Waals surface area contributed by atoms with Gasteiger partial charge in [-0.15, -0.1) is 0 Å². The van der Waals surface area contributed by atoms with E-state index in [-0.39, 0.29) is 18.4 Å². The molecule has 0 radical (unpaired) electrons. The number of pyridine rings is 2. The van der Waals surface area contributed by atoms with Crippen molar-refractivity contribution in [3.63, 3.8) is 0 Å². The first kappa shape index (κ1) is 20.3. The molecule has 2 aliphatic rings. The normalized spacial score (nSPS) is 14.8. The highest BCUT2D eigenvalue weighted by atomic mass is 16.2. The lowest BCUT2D eigenvalue weighted by atomic mass is 9.86. The van der Waals surface area contributed by atoms with Crippen molar-refractivity contribution in [1.29, 1.82) is 0 Å². The quantitative estimate of drug-likeness (QED) is 0.518. The van der Waals surface area contributed by atoms with Crippen LogP contribution >= 0.6 is 0 Å². The number of hydrogen-bond donors (Lipinski definition) is 1. The Bertz CT molecular complexity index is 1400. The summed E-state index contributed by atoms with van der Waals surface area (Å²) in [5.41, 5.74) is 6.50. The van der Waals surface area contributed by atoms with Crippen LogP contribution in [0.25, 0.3) is 28.2 Å². The molecule has 1 aromatic carbocycles. The Morgan fingerprint density at radius 1 is 1.00 bits per heavy atom. The number of fused-ring (bicyclic) bond motifs is 3. The van der Waals surface area contributed by atoms with Gasteiger partial charge in [-0.3, -0.25) is 14.6 Å². The summed E-state index contributed by atoms with van der Waals surface area (Å²) < 4.78 is 1.78. The molecule has 1 fully saturated rings. The molecule has 0 bridgehead atoms. The summed E-state index contributed by atoms with van der Waals surface area (Å²) in [5, 5.41) is 7.56. The zero-order valence-electron chi connectivity index (χ0n) is 18.4. The van der Waals surface area contributed by atoms with E-state index >= 15 is 0 Å². The van der Waals surface area contributed by atoms with Crippen molar-refractivity contribution in [2.45, 2.75) is 12.8 Å². The van der Waals surface area contributed by atoms with Gasteiger partial charge in [-0.25, -0.2) is 9.67 Å². The molecule has 0 atom stereocenters. The number of carbonyl (C=O) groups is 2. The average molecular weight is 451 g/mol. The first-order valence-corrected chi connectivity index (χ1v) is 11.3. The fraction of sp³-hybridized carbons (Fsp3) is 0.192. The molecule has 4 heterocycles. The van der Waals surface area contributed by atoms with Gasteiger partial charge in [0.1, 0.15) is 0 Å². The van der Waals surface area contributed by atoms with Crippen molar-refractivity contribution in [1.82, 2.24) is 30.0 Å². The molecule has 8 heteroatoms. The lowest BCUT2D eigenvalue weighted by molar-refractivity contribution is -0.123. The number of hydrogen-bond acceptors (Lipinski definition) is 5. The van der Waals surface area contributed by atoms with Crippen molar-refractivity contribution < 1.29 is 9.59 Å². The molecule has 0 unspecified atom stereocenters. The van der Waals surface area contributed by atoms with Crippen LogP contribution in [0.3, 0.4) is 0 Å². The van der Waals surface area contributed by atoms with E-state index in [1.165, 1.54) is 5.56 Å². The Labute approximate surface area is 196 Å². The van der Waals surface area contributed by atoms with Crippen LogP contribution in [0, 0.1) is 0 Å². The number of nitrogens with zero attached hydrogens (tertiary/aromatic N) is 5. The molecule has 0 saturated carbocycles. The van der Waals surface area contributed by atoms with Gasteiger partial charge in [-0.1, -0.05) is 24.3 Å². The molecule has 1 aliphatic heterocycles. The molecule has 1 aliphatic carbocycles. The third kappa shape index (κ3) is 3.44. The molecule has 3 aromatic heterocycles. The van der Waals surface area contributed by atoms with E-state index in [1.54, 1.807) is 22.0 Å². The summed E-state index contributed by atoms with van der Waals surface area (Å²) in [6, 6.07) is 16.0. The van der Waals surface area contributed by atoms with E-state index in [0.717, 1.165) is 34.4 Å². The second kappa shape index (κ2) is 8.22. The predicted molar refractivity (Wildman–Crippen MR) is 126 cm³/mol. The van der Waals surface area contributed by atoms with Gasteiger partial charge in [0.05, 0.1) is 12.2 Å². The van der Waals surface area contributed by atoms with E-state index in [4.69, 9.17) is 5.10 Å². The SMILES string of the molecule is O=C1CN(C(=O)c2nn(-c3ccccn3)c3c2CCc2ccc(-c4cccnc4)cc2-3)CCN1. The second-order valence-electron chi connectivity index (χ2n) is 8.47. The lowest BCUT2D eigenvalue weighted by Crippen LogP contribution is -2.50. The van der Waals surface area contributed by atoms with Gasteiger partial charge in [0.15, 0.2) is 11.5 Å². The number of benzene rings is 1. The van der Waals surface area contributed by atoms with Crippen molar-refractivity contribution in [3.05, 3.63) is 83.9 Å². The van der Waals surface area contributed by atoms with E-state index in [0.29, 0.717) is 31.0 Å². The van der Waals surface area contributed by atoms with Gasteiger partial charge in [-0.05, 0) is 48.2 Å². The van der Waals surface area contributed by atoms with Crippen molar-refractivity contribution in [2.24, 2.45) is 0 Å². The first-order valence-electron chi connectivity index (χ1n) is 11.3. The van der Waals surface area contributed by atoms with Crippen LogP contribution in [0.4, 0.5) is 0 Å². The monoisotopic (exact) mass is 450 g/mol. The minimum absolute atomic E-state index is 0.0474. The highest BCUT2D eigenvalue weighted by Gasteiger charge is 2.33. The number of rotatable bonds is 3. The van der Waals surface area contributed by atoms with E-state index < -0.39 is 0 Å². The van der Waals surface area contributed by atoms with Gasteiger partial charge in [0.25, 0.3) is 5.91 Å². The minimum Gasteiger partial charge on any atom is -0.353 e. The van der Waals surface area contributed by atoms with Gasteiger partial charge < -0.3 is 10.2 Å². The Kier molecular flexibility index (Phi) is 4.91. The van der Waals surface area contributed by atoms with E-state index in [2.05, 4.69) is 33.5 Å². The number of aryl methyl sites for hydroxylation is 1. The number of carbonyl (C=O) groups excluding carboxylic acids is 2. The highest BCUT2D eigenvalue weighted by molar-refractivity contribution is 5.99. The zero-order valence-corrected chi connectivity index (χ0v) is 18.4. The summed E-state index contributed by atoms with van der Waals surface area (Å²) in [6.45, 7) is 0.967. The van der Waals surface area contributed by atoms with Gasteiger partial charge in [0, 0.05) is 48.4 Å². The van der Waals surface area contributed by atoms with Crippen LogP contribution in [0.1, 0.15) is 21.6 Å². The fourth-order valence-electron chi connectivity index (χ4n) is 4.73. The topological polar surface area (TPSA) is 93.0 Å². The number of aromatic nitrogens is 4. The van der Waals surface area contributed by atoms with Crippen molar-refractivity contribution in [3.8, 4) is 28.2 Å². The van der Waals surface area contributed by atoms with Crippen LogP contribution in [-0.2, 0) is 17.6 Å². The Hall–Kier alpha value is -4.33. The Morgan fingerprint density at radius 3 is 2.74 bits per heavy atom. The van der Waals surface area contributed by atoms with Gasteiger partial charge in [-0.2, -0.15) is 5.10 Å². The van der Waals surface area contributed by atoms with E-state index in [1.807, 2.05) is 36.5 Å². The maximum Gasteiger partial charge on any atom is 0.275 e. The molecule has 1 N–H and O–H groups in total. The largest absolute Gasteiger partial charge is 0.353 e. The molecule has 0 spiro atoms. The maximum absolute atomic E-state index is 13.5. The standard InChI is InChI=1S/C26H22N6O2/c33-23-16-31(13-12-29-23)26(34)24-20-9-8-17-6-7-18(19-4-3-10-27-15-19)14-21(17)25(20)32(30-24)22-5-1-2-11-28-22/h1-7,10-11,14-15H,8-9,12-13,16H2,(H,29,33). The van der Waals surface area contributed by atoms with E-state index in [9.17, 15) is 9.59 Å². The molecule has 1 saturated heterocycles. The van der Waals surface area contributed by atoms with Crippen LogP contribution in [0.5, 0.6) is 0 Å². The molecule has 4 aromatic rings. The molecular weight excluding hydrogens is 428 g/mol. The first-order chi connectivity index (χ1) is 16.7. The summed E-state index contributed by atoms with van der Waals surface area (Å²) in [4.78, 5) is 35.8. The minimum atomic E-state index is -0.215. The fourth-order valence-corrected chi connectivity index (χ4v) is 4.73. The molecule has 8 nitrogen and oxygen atoms in total. The zero-order chi connectivity index (χ0) is 23.1. The highest BCUT2D eigenvalue weighted by Crippen LogP contribution is 2.39. The summed E-state index contributed by atoms with van der Waals surface area (Å²) in [7, 11) is 0. The number of amides is 2. The molecular formula is C26H22N6O2. The maximum atomic E-state index is 13.5. The van der Waals surface area contributed by atoms with Gasteiger partial charge >= 0.3 is 0 Å². The third-order valence-electron chi connectivity index (χ3n) is 6.38. The smallest absolute Gasteiger partial charge is 0.275 e. The average Bonchev–Trinajstić information content (AvgIpc) is 3.29. The van der Waals surface area contributed by atoms with Crippen molar-refractivity contribution >= 4 is 11.8 Å². The molecule has 168 valence electrons. The molecule has 34 heavy (non-hydrogen) atoms. The Balaban J connectivity index is 1.53. The second-order valence-corrected chi connectivity index (χ2v) is 8.47. The van der Waals surface area contributed by atoms with Gasteiger partial charge in [0.2, 0.25) is 5.91 Å². The third-order valence-corrected chi connectivity index (χ3v) is 6.38.